The molecule has 102 valence electrons. The maximum absolute atomic E-state index is 9.52. The highest BCUT2D eigenvalue weighted by molar-refractivity contribution is 4.79. The lowest BCUT2D eigenvalue weighted by atomic mass is 9.83. The van der Waals surface area contributed by atoms with Gasteiger partial charge in [-0.1, -0.05) is 39.5 Å². The van der Waals surface area contributed by atoms with Crippen LogP contribution in [0.1, 0.15) is 65.2 Å². The minimum atomic E-state index is 0.116. The van der Waals surface area contributed by atoms with E-state index in [9.17, 15) is 5.11 Å². The van der Waals surface area contributed by atoms with Gasteiger partial charge in [0, 0.05) is 18.6 Å². The number of hydrogen-bond acceptors (Lipinski definition) is 2. The summed E-state index contributed by atoms with van der Waals surface area (Å²) in [6, 6.07) is 0. The molecule has 2 nitrogen and oxygen atoms in total. The predicted octanol–water partition coefficient (Wildman–Crippen LogP) is 3.35. The Morgan fingerprint density at radius 1 is 1.06 bits per heavy atom. The van der Waals surface area contributed by atoms with Gasteiger partial charge >= 0.3 is 0 Å². The topological polar surface area (TPSA) is 32.3 Å². The van der Waals surface area contributed by atoms with Crippen molar-refractivity contribution < 1.29 is 5.11 Å². The predicted molar refractivity (Wildman–Crippen MR) is 74.2 cm³/mol. The molecule has 1 fully saturated rings. The van der Waals surface area contributed by atoms with Gasteiger partial charge < -0.3 is 10.4 Å². The van der Waals surface area contributed by atoms with E-state index in [0.717, 1.165) is 31.8 Å². The van der Waals surface area contributed by atoms with Gasteiger partial charge in [0.05, 0.1) is 0 Å². The molecule has 0 bridgehead atoms. The highest BCUT2D eigenvalue weighted by Gasteiger charge is 2.25. The third kappa shape index (κ3) is 4.97. The van der Waals surface area contributed by atoms with Crippen molar-refractivity contribution in [2.45, 2.75) is 65.2 Å². The summed E-state index contributed by atoms with van der Waals surface area (Å²) in [6.45, 7) is 6.83. The van der Waals surface area contributed by atoms with E-state index in [1.807, 2.05) is 0 Å². The van der Waals surface area contributed by atoms with E-state index < -0.39 is 0 Å². The number of aliphatic hydroxyl groups excluding tert-OH is 1. The quantitative estimate of drug-likeness (QED) is 0.670. The van der Waals surface area contributed by atoms with Crippen molar-refractivity contribution in [3.63, 3.8) is 0 Å². The monoisotopic (exact) mass is 241 g/mol. The summed E-state index contributed by atoms with van der Waals surface area (Å²) in [5.41, 5.74) is 0.116. The average Bonchev–Trinajstić information content (AvgIpc) is 2.64. The third-order valence-electron chi connectivity index (χ3n) is 4.74. The number of hydrogen-bond donors (Lipinski definition) is 2. The molecule has 1 rings (SSSR count). The Kier molecular flexibility index (Phi) is 7.14. The summed E-state index contributed by atoms with van der Waals surface area (Å²) in [4.78, 5) is 0. The van der Waals surface area contributed by atoms with Crippen molar-refractivity contribution in [3.8, 4) is 0 Å². The summed E-state index contributed by atoms with van der Waals surface area (Å²) in [7, 11) is 0. The van der Waals surface area contributed by atoms with Gasteiger partial charge in [0.2, 0.25) is 0 Å². The first-order valence-electron chi connectivity index (χ1n) is 7.58. The summed E-state index contributed by atoms with van der Waals surface area (Å²) in [6.07, 6.45) is 10.6. The molecule has 0 saturated heterocycles. The fraction of sp³-hybridized carbons (Fsp3) is 1.00. The molecule has 1 aliphatic carbocycles. The van der Waals surface area contributed by atoms with Crippen LogP contribution in [0.4, 0.5) is 0 Å². The molecule has 0 aromatic rings. The smallest absolute Gasteiger partial charge is 0.0499 e. The van der Waals surface area contributed by atoms with Crippen LogP contribution in [0.5, 0.6) is 0 Å². The van der Waals surface area contributed by atoms with Gasteiger partial charge in [-0.25, -0.2) is 0 Å². The highest BCUT2D eigenvalue weighted by Crippen LogP contribution is 2.25. The van der Waals surface area contributed by atoms with Crippen LogP contribution >= 0.6 is 0 Å². The first-order valence-corrected chi connectivity index (χ1v) is 7.58. The largest absolute Gasteiger partial charge is 0.396 e. The van der Waals surface area contributed by atoms with Crippen LogP contribution in [0.3, 0.4) is 0 Å². The lowest BCUT2D eigenvalue weighted by Gasteiger charge is -2.30. The average molecular weight is 241 g/mol. The fourth-order valence-corrected chi connectivity index (χ4v) is 2.89. The Balaban J connectivity index is 2.25. The minimum absolute atomic E-state index is 0.116. The van der Waals surface area contributed by atoms with Crippen molar-refractivity contribution >= 4 is 0 Å². The fourth-order valence-electron chi connectivity index (χ4n) is 2.89. The van der Waals surface area contributed by atoms with Crippen LogP contribution in [-0.4, -0.2) is 24.8 Å². The van der Waals surface area contributed by atoms with E-state index in [2.05, 4.69) is 19.2 Å². The molecule has 0 unspecified atom stereocenters. The van der Waals surface area contributed by atoms with E-state index in [0.29, 0.717) is 6.61 Å². The van der Waals surface area contributed by atoms with Gasteiger partial charge in [0.1, 0.15) is 0 Å². The van der Waals surface area contributed by atoms with E-state index in [1.165, 1.54) is 38.5 Å². The Morgan fingerprint density at radius 2 is 1.65 bits per heavy atom. The maximum Gasteiger partial charge on any atom is 0.0499 e. The summed E-state index contributed by atoms with van der Waals surface area (Å²) >= 11 is 0. The Morgan fingerprint density at radius 3 is 2.12 bits per heavy atom. The van der Waals surface area contributed by atoms with Crippen molar-refractivity contribution in [2.24, 2.45) is 11.3 Å². The molecule has 0 heterocycles. The van der Waals surface area contributed by atoms with E-state index >= 15 is 0 Å². The Bertz CT molecular complexity index is 173. The van der Waals surface area contributed by atoms with Gasteiger partial charge in [-0.3, -0.25) is 0 Å². The molecule has 1 aliphatic rings. The van der Waals surface area contributed by atoms with Crippen molar-refractivity contribution in [1.29, 1.82) is 0 Å². The molecule has 0 radical (unpaired) electrons. The molecule has 2 N–H and O–H groups in total. The summed E-state index contributed by atoms with van der Waals surface area (Å²) < 4.78 is 0. The zero-order valence-corrected chi connectivity index (χ0v) is 11.8. The zero-order chi connectivity index (χ0) is 12.6. The van der Waals surface area contributed by atoms with E-state index in [1.54, 1.807) is 0 Å². The van der Waals surface area contributed by atoms with Gasteiger partial charge in [-0.05, 0) is 38.1 Å². The molecule has 0 aromatic carbocycles. The van der Waals surface area contributed by atoms with Crippen molar-refractivity contribution in [1.82, 2.24) is 5.32 Å². The second-order valence-electron chi connectivity index (χ2n) is 5.85. The Labute approximate surface area is 107 Å². The number of rotatable bonds is 7. The van der Waals surface area contributed by atoms with Gasteiger partial charge in [0.25, 0.3) is 0 Å². The minimum Gasteiger partial charge on any atom is -0.396 e. The summed E-state index contributed by atoms with van der Waals surface area (Å²) in [5, 5.41) is 13.1. The lowest BCUT2D eigenvalue weighted by molar-refractivity contribution is 0.111. The van der Waals surface area contributed by atoms with Crippen LogP contribution < -0.4 is 5.32 Å². The molecular weight excluding hydrogens is 210 g/mol. The Hall–Kier alpha value is -0.0800. The van der Waals surface area contributed by atoms with Gasteiger partial charge in [-0.15, -0.1) is 0 Å². The normalized spacial score (nSPS) is 19.2. The standard InChI is InChI=1S/C15H31NO/c1-3-15(4-2,13-17)12-16-11-14-9-7-5-6-8-10-14/h14,16-17H,3-13H2,1-2H3. The molecule has 0 atom stereocenters. The maximum atomic E-state index is 9.52. The molecule has 17 heavy (non-hydrogen) atoms. The molecular formula is C15H31NO. The van der Waals surface area contributed by atoms with Crippen molar-refractivity contribution in [2.75, 3.05) is 19.7 Å². The summed E-state index contributed by atoms with van der Waals surface area (Å²) in [5.74, 6) is 0.877. The zero-order valence-electron chi connectivity index (χ0n) is 11.8. The van der Waals surface area contributed by atoms with Crippen LogP contribution in [0.25, 0.3) is 0 Å². The first kappa shape index (κ1) is 15.0. The second kappa shape index (κ2) is 8.10. The molecule has 2 heteroatoms. The van der Waals surface area contributed by atoms with E-state index in [4.69, 9.17) is 0 Å². The van der Waals surface area contributed by atoms with Crippen LogP contribution in [0, 0.1) is 11.3 Å². The molecule has 1 saturated carbocycles. The van der Waals surface area contributed by atoms with Gasteiger partial charge in [0.15, 0.2) is 0 Å². The van der Waals surface area contributed by atoms with Crippen LogP contribution in [0.2, 0.25) is 0 Å². The SMILES string of the molecule is CCC(CC)(CO)CNCC1CCCCCC1. The number of aliphatic hydroxyl groups is 1. The second-order valence-corrected chi connectivity index (χ2v) is 5.85. The molecule has 0 spiro atoms. The van der Waals surface area contributed by atoms with E-state index in [-0.39, 0.29) is 5.41 Å². The van der Waals surface area contributed by atoms with Crippen LogP contribution in [-0.2, 0) is 0 Å². The van der Waals surface area contributed by atoms with Gasteiger partial charge in [-0.2, -0.15) is 0 Å². The highest BCUT2D eigenvalue weighted by atomic mass is 16.3. The van der Waals surface area contributed by atoms with Crippen molar-refractivity contribution in [3.05, 3.63) is 0 Å². The van der Waals surface area contributed by atoms with Crippen LogP contribution in [0.15, 0.2) is 0 Å². The molecule has 0 amide bonds. The third-order valence-corrected chi connectivity index (χ3v) is 4.74. The molecule has 0 aromatic heterocycles. The lowest BCUT2D eigenvalue weighted by Crippen LogP contribution is -2.38. The number of nitrogens with one attached hydrogen (secondary N) is 1. The molecule has 0 aliphatic heterocycles. The first-order chi connectivity index (χ1) is 8.26.